The average molecular weight is 347 g/mol. The first kappa shape index (κ1) is 16.2. The van der Waals surface area contributed by atoms with E-state index in [-0.39, 0.29) is 5.50 Å². The average Bonchev–Trinajstić information content (AvgIpc) is 2.93. The van der Waals surface area contributed by atoms with Crippen molar-refractivity contribution in [3.8, 4) is 0 Å². The van der Waals surface area contributed by atoms with E-state index in [1.54, 1.807) is 11.8 Å². The highest BCUT2D eigenvalue weighted by Crippen LogP contribution is 2.37. The Morgan fingerprint density at radius 3 is 2.91 bits per heavy atom. The zero-order valence-electron chi connectivity index (χ0n) is 13.1. The van der Waals surface area contributed by atoms with Gasteiger partial charge in [-0.2, -0.15) is 0 Å². The molecule has 1 aliphatic rings. The zero-order valence-corrected chi connectivity index (χ0v) is 14.7. The van der Waals surface area contributed by atoms with Crippen molar-refractivity contribution in [2.24, 2.45) is 5.73 Å². The molecule has 1 aliphatic heterocycles. The molecule has 120 valence electrons. The fraction of sp³-hybridized carbons (Fsp3) is 0.235. The second kappa shape index (κ2) is 6.83. The van der Waals surface area contributed by atoms with Crippen LogP contribution < -0.4 is 16.0 Å². The summed E-state index contributed by atoms with van der Waals surface area (Å²) in [4.78, 5) is 6.66. The molecule has 1 aromatic heterocycles. The third-order valence-electron chi connectivity index (χ3n) is 3.60. The molecule has 1 atom stereocenters. The third kappa shape index (κ3) is 3.47. The lowest BCUT2D eigenvalue weighted by Crippen LogP contribution is -2.33. The summed E-state index contributed by atoms with van der Waals surface area (Å²) in [5.41, 5.74) is 10.0. The number of halogens is 1. The first-order valence-corrected chi connectivity index (χ1v) is 8.70. The third-order valence-corrected chi connectivity index (χ3v) is 4.79. The molecule has 0 radical (unpaired) electrons. The maximum absolute atomic E-state index is 6.42. The number of thioether (sulfide) groups is 1. The summed E-state index contributed by atoms with van der Waals surface area (Å²) in [6.07, 6.45) is 2.02. The van der Waals surface area contributed by atoms with Gasteiger partial charge >= 0.3 is 0 Å². The van der Waals surface area contributed by atoms with Crippen LogP contribution in [0.1, 0.15) is 16.8 Å². The summed E-state index contributed by atoms with van der Waals surface area (Å²) in [5.74, 6) is 0.857. The van der Waals surface area contributed by atoms with Crippen molar-refractivity contribution in [2.75, 3.05) is 10.2 Å². The van der Waals surface area contributed by atoms with Crippen LogP contribution in [0.25, 0.3) is 0 Å². The van der Waals surface area contributed by atoms with Crippen molar-refractivity contribution in [1.29, 1.82) is 0 Å². The zero-order chi connectivity index (χ0) is 16.4. The molecule has 0 saturated carbocycles. The van der Waals surface area contributed by atoms with Crippen molar-refractivity contribution in [2.45, 2.75) is 25.9 Å². The van der Waals surface area contributed by atoms with Crippen LogP contribution in [0.3, 0.4) is 0 Å². The topological polar surface area (TPSA) is 54.2 Å². The van der Waals surface area contributed by atoms with Crippen LogP contribution in [0.5, 0.6) is 0 Å². The van der Waals surface area contributed by atoms with Gasteiger partial charge in [0.15, 0.2) is 5.50 Å². The number of anilines is 2. The van der Waals surface area contributed by atoms with Crippen LogP contribution in [0.2, 0.25) is 5.02 Å². The second-order valence-electron chi connectivity index (χ2n) is 5.45. The van der Waals surface area contributed by atoms with Crippen molar-refractivity contribution in [1.82, 2.24) is 4.98 Å². The lowest BCUT2D eigenvalue weighted by atomic mass is 10.1. The lowest BCUT2D eigenvalue weighted by Gasteiger charge is -2.28. The van der Waals surface area contributed by atoms with Gasteiger partial charge in [-0.1, -0.05) is 35.5 Å². The van der Waals surface area contributed by atoms with Crippen LogP contribution in [0, 0.1) is 13.8 Å². The molecule has 6 heteroatoms. The van der Waals surface area contributed by atoms with Gasteiger partial charge in [0.2, 0.25) is 0 Å². The molecule has 0 aliphatic carbocycles. The summed E-state index contributed by atoms with van der Waals surface area (Å²) >= 11 is 8.10. The number of hydrogen-bond acceptors (Lipinski definition) is 5. The van der Waals surface area contributed by atoms with Crippen LogP contribution >= 0.6 is 23.4 Å². The Labute approximate surface area is 145 Å². The Hall–Kier alpha value is -1.69. The quantitative estimate of drug-likeness (QED) is 0.867. The summed E-state index contributed by atoms with van der Waals surface area (Å²) in [5, 5.41) is 6.21. The van der Waals surface area contributed by atoms with Gasteiger partial charge in [0.1, 0.15) is 5.82 Å². The molecule has 3 rings (SSSR count). The first-order chi connectivity index (χ1) is 11.1. The standard InChI is InChI=1S/C17H19ClN4S/c1-11-8-12(2)20-15(9-11)21-17-22(6-7-23-17)16-13(10-19)4-3-5-14(16)18/h3-9,17H,10,19H2,1-2H3,(H,20,21). The van der Waals surface area contributed by atoms with E-state index in [0.717, 1.165) is 22.8 Å². The molecular formula is C17H19ClN4S. The Bertz CT molecular complexity index is 727. The molecule has 2 heterocycles. The van der Waals surface area contributed by atoms with Crippen LogP contribution in [-0.2, 0) is 6.54 Å². The van der Waals surface area contributed by atoms with Gasteiger partial charge in [-0.3, -0.25) is 0 Å². The van der Waals surface area contributed by atoms with Gasteiger partial charge in [-0.15, -0.1) is 0 Å². The largest absolute Gasteiger partial charge is 0.341 e. The second-order valence-corrected chi connectivity index (χ2v) is 6.85. The predicted octanol–water partition coefficient (Wildman–Crippen LogP) is 4.23. The number of para-hydroxylation sites is 1. The number of nitrogens with two attached hydrogens (primary N) is 1. The molecule has 1 aromatic carbocycles. The molecule has 0 fully saturated rings. The van der Waals surface area contributed by atoms with E-state index in [0.29, 0.717) is 11.6 Å². The highest BCUT2D eigenvalue weighted by atomic mass is 35.5. The van der Waals surface area contributed by atoms with Crippen LogP contribution in [0.4, 0.5) is 11.5 Å². The molecule has 3 N–H and O–H groups in total. The number of pyridine rings is 1. The number of aryl methyl sites for hydroxylation is 2. The molecule has 1 unspecified atom stereocenters. The first-order valence-electron chi connectivity index (χ1n) is 7.38. The Morgan fingerprint density at radius 2 is 2.17 bits per heavy atom. The molecule has 0 spiro atoms. The molecular weight excluding hydrogens is 328 g/mol. The molecule has 2 aromatic rings. The number of nitrogens with zero attached hydrogens (tertiary/aromatic N) is 2. The minimum Gasteiger partial charge on any atom is -0.341 e. The van der Waals surface area contributed by atoms with Crippen molar-refractivity contribution in [3.63, 3.8) is 0 Å². The van der Waals surface area contributed by atoms with E-state index in [1.165, 1.54) is 5.56 Å². The van der Waals surface area contributed by atoms with E-state index in [4.69, 9.17) is 17.3 Å². The Kier molecular flexibility index (Phi) is 4.80. The fourth-order valence-electron chi connectivity index (χ4n) is 2.67. The van der Waals surface area contributed by atoms with Crippen molar-refractivity contribution in [3.05, 3.63) is 63.8 Å². The predicted molar refractivity (Wildman–Crippen MR) is 99.7 cm³/mol. The summed E-state index contributed by atoms with van der Waals surface area (Å²) in [7, 11) is 0. The maximum Gasteiger partial charge on any atom is 0.157 e. The van der Waals surface area contributed by atoms with Gasteiger partial charge in [-0.05, 0) is 48.6 Å². The summed E-state index contributed by atoms with van der Waals surface area (Å²) < 4.78 is 0. The Morgan fingerprint density at radius 1 is 1.35 bits per heavy atom. The van der Waals surface area contributed by atoms with E-state index in [2.05, 4.69) is 28.2 Å². The monoisotopic (exact) mass is 346 g/mol. The number of nitrogens with one attached hydrogen (secondary N) is 1. The highest BCUT2D eigenvalue weighted by Gasteiger charge is 2.25. The Balaban J connectivity index is 1.90. The summed E-state index contributed by atoms with van der Waals surface area (Å²) in [6.45, 7) is 4.51. The van der Waals surface area contributed by atoms with Gasteiger partial charge in [-0.25, -0.2) is 4.98 Å². The minimum atomic E-state index is -0.00565. The number of benzene rings is 1. The summed E-state index contributed by atoms with van der Waals surface area (Å²) in [6, 6.07) is 9.92. The van der Waals surface area contributed by atoms with Gasteiger partial charge < -0.3 is 16.0 Å². The molecule has 4 nitrogen and oxygen atoms in total. The van der Waals surface area contributed by atoms with E-state index < -0.39 is 0 Å². The molecule has 0 saturated heterocycles. The fourth-order valence-corrected chi connectivity index (χ4v) is 3.81. The van der Waals surface area contributed by atoms with Gasteiger partial charge in [0, 0.05) is 18.4 Å². The maximum atomic E-state index is 6.42. The number of aromatic nitrogens is 1. The van der Waals surface area contributed by atoms with Crippen molar-refractivity contribution >= 4 is 34.9 Å². The van der Waals surface area contributed by atoms with Crippen molar-refractivity contribution < 1.29 is 0 Å². The molecule has 0 bridgehead atoms. The number of rotatable bonds is 4. The van der Waals surface area contributed by atoms with E-state index in [9.17, 15) is 0 Å². The van der Waals surface area contributed by atoms with Gasteiger partial charge in [0.05, 0.1) is 10.7 Å². The van der Waals surface area contributed by atoms with Crippen LogP contribution in [-0.4, -0.2) is 10.5 Å². The van der Waals surface area contributed by atoms with Crippen LogP contribution in [0.15, 0.2) is 41.9 Å². The smallest absolute Gasteiger partial charge is 0.157 e. The van der Waals surface area contributed by atoms with E-state index >= 15 is 0 Å². The lowest BCUT2D eigenvalue weighted by molar-refractivity contribution is 0.942. The normalized spacial score (nSPS) is 16.9. The SMILES string of the molecule is Cc1cc(C)nc(NC2SC=CN2c2c(Cl)cccc2CN)c1. The highest BCUT2D eigenvalue weighted by molar-refractivity contribution is 8.03. The molecule has 0 amide bonds. The minimum absolute atomic E-state index is 0.00565. The molecule has 23 heavy (non-hydrogen) atoms. The van der Waals surface area contributed by atoms with E-state index in [1.807, 2.05) is 42.8 Å². The van der Waals surface area contributed by atoms with Gasteiger partial charge in [0.25, 0.3) is 0 Å². The number of hydrogen-bond donors (Lipinski definition) is 2.